The fourth-order valence-corrected chi connectivity index (χ4v) is 7.38. The highest BCUT2D eigenvalue weighted by molar-refractivity contribution is 5.84. The van der Waals surface area contributed by atoms with Crippen LogP contribution in [0.2, 0.25) is 0 Å². The lowest BCUT2D eigenvalue weighted by Gasteiger charge is -2.35. The Morgan fingerprint density at radius 3 is 1.13 bits per heavy atom. The fourth-order valence-electron chi connectivity index (χ4n) is 7.38. The SMILES string of the molecule is CC(C)(C)C(NC(=O)C(C)(C)C(O)c1ccccc1F)c1nc(-c2ccc(-c3ccc(-c4c[nH]c(C(NC(=O)C(C)(C)C(O)c5ccccc5F)C(C)(C)C)n4)cc3)cc2)c[nH]1. The van der Waals surface area contributed by atoms with E-state index in [1.54, 1.807) is 52.2 Å². The predicted molar refractivity (Wildman–Crippen MR) is 238 cm³/mol. The Hall–Kier alpha value is -5.98. The molecule has 0 bridgehead atoms. The number of benzene rings is 4. The molecule has 2 aromatic heterocycles. The number of hydrogen-bond acceptors (Lipinski definition) is 6. The van der Waals surface area contributed by atoms with Crippen LogP contribution < -0.4 is 10.6 Å². The standard InChI is InChI=1S/C50H58F2N6O4/c1-47(2,3)39(57-45(61)49(7,8)41(59)33-15-11-13-17-35(33)51)43-53-27-37(55-43)31-23-19-29(20-24-31)30-21-25-32(26-22-30)38-28-54-44(56-38)40(48(4,5)6)58-46(62)50(9,10)42(60)34-16-12-14-18-36(34)52/h11-28,39-42,59-60H,1-10H3,(H,53,55)(H,54,56)(H,57,61)(H,58,62). The van der Waals surface area contributed by atoms with Gasteiger partial charge >= 0.3 is 0 Å². The Morgan fingerprint density at radius 1 is 0.516 bits per heavy atom. The average Bonchev–Trinajstić information content (AvgIpc) is 3.92. The topological polar surface area (TPSA) is 156 Å². The Bertz CT molecular complexity index is 2340. The molecule has 10 nitrogen and oxygen atoms in total. The molecule has 0 aliphatic heterocycles. The normalized spacial score (nSPS) is 14.5. The molecule has 4 atom stereocenters. The van der Waals surface area contributed by atoms with Gasteiger partial charge in [0, 0.05) is 34.6 Å². The van der Waals surface area contributed by atoms with Crippen molar-refractivity contribution in [1.29, 1.82) is 0 Å². The third-order valence-electron chi connectivity index (χ3n) is 11.7. The molecule has 326 valence electrons. The molecule has 0 aliphatic rings. The Labute approximate surface area is 362 Å². The van der Waals surface area contributed by atoms with Crippen molar-refractivity contribution in [2.24, 2.45) is 21.7 Å². The summed E-state index contributed by atoms with van der Waals surface area (Å²) in [6, 6.07) is 26.7. The molecule has 0 spiro atoms. The summed E-state index contributed by atoms with van der Waals surface area (Å²) in [4.78, 5) is 43.6. The first-order chi connectivity index (χ1) is 29.0. The van der Waals surface area contributed by atoms with Crippen LogP contribution >= 0.6 is 0 Å². The summed E-state index contributed by atoms with van der Waals surface area (Å²) in [5.41, 5.74) is 1.61. The Kier molecular flexibility index (Phi) is 12.8. The van der Waals surface area contributed by atoms with Crippen LogP contribution in [0.15, 0.2) is 109 Å². The van der Waals surface area contributed by atoms with Crippen LogP contribution in [0.3, 0.4) is 0 Å². The number of carbonyl (C=O) groups is 2. The van der Waals surface area contributed by atoms with E-state index in [1.807, 2.05) is 90.1 Å². The highest BCUT2D eigenvalue weighted by atomic mass is 19.1. The number of H-pyrrole nitrogens is 2. The minimum Gasteiger partial charge on any atom is -0.387 e. The van der Waals surface area contributed by atoms with E-state index in [4.69, 9.17) is 9.97 Å². The lowest BCUT2D eigenvalue weighted by Crippen LogP contribution is -2.46. The number of halogens is 2. The maximum absolute atomic E-state index is 14.6. The van der Waals surface area contributed by atoms with Crippen LogP contribution in [0.1, 0.15) is 116 Å². The first-order valence-electron chi connectivity index (χ1n) is 20.8. The molecule has 4 unspecified atom stereocenters. The monoisotopic (exact) mass is 844 g/mol. The zero-order valence-electron chi connectivity index (χ0n) is 37.1. The van der Waals surface area contributed by atoms with Gasteiger partial charge in [-0.2, -0.15) is 0 Å². The maximum Gasteiger partial charge on any atom is 0.229 e. The van der Waals surface area contributed by atoms with E-state index in [2.05, 4.69) is 20.6 Å². The average molecular weight is 845 g/mol. The molecule has 0 radical (unpaired) electrons. The fraction of sp³-hybridized carbons (Fsp3) is 0.360. The molecular formula is C50H58F2N6O4. The lowest BCUT2D eigenvalue weighted by molar-refractivity contribution is -0.138. The second-order valence-electron chi connectivity index (χ2n) is 19.3. The van der Waals surface area contributed by atoms with Crippen molar-refractivity contribution >= 4 is 11.8 Å². The summed E-state index contributed by atoms with van der Waals surface area (Å²) in [7, 11) is 0. The molecule has 2 amide bonds. The Balaban J connectivity index is 1.14. The van der Waals surface area contributed by atoms with E-state index in [1.165, 1.54) is 36.4 Å². The van der Waals surface area contributed by atoms with Crippen LogP contribution in [-0.4, -0.2) is 42.0 Å². The third kappa shape index (κ3) is 9.56. The minimum absolute atomic E-state index is 0.0590. The van der Waals surface area contributed by atoms with Crippen LogP contribution in [-0.2, 0) is 9.59 Å². The molecule has 2 heterocycles. The number of nitrogens with zero attached hydrogens (tertiary/aromatic N) is 2. The van der Waals surface area contributed by atoms with Crippen molar-refractivity contribution in [2.75, 3.05) is 0 Å². The summed E-state index contributed by atoms with van der Waals surface area (Å²) in [5, 5.41) is 28.3. The number of hydrogen-bond donors (Lipinski definition) is 6. The number of rotatable bonds is 13. The van der Waals surface area contributed by atoms with Gasteiger partial charge in [0.05, 0.1) is 46.5 Å². The van der Waals surface area contributed by atoms with Crippen LogP contribution in [0, 0.1) is 33.3 Å². The van der Waals surface area contributed by atoms with E-state index >= 15 is 0 Å². The van der Waals surface area contributed by atoms with Gasteiger partial charge in [0.25, 0.3) is 0 Å². The van der Waals surface area contributed by atoms with Crippen molar-refractivity contribution in [2.45, 2.75) is 93.5 Å². The summed E-state index contributed by atoms with van der Waals surface area (Å²) < 4.78 is 29.1. The smallest absolute Gasteiger partial charge is 0.229 e. The Morgan fingerprint density at radius 2 is 0.823 bits per heavy atom. The van der Waals surface area contributed by atoms with Gasteiger partial charge in [0.1, 0.15) is 23.3 Å². The molecule has 6 N–H and O–H groups in total. The van der Waals surface area contributed by atoms with Crippen LogP contribution in [0.5, 0.6) is 0 Å². The highest BCUT2D eigenvalue weighted by Gasteiger charge is 2.43. The van der Waals surface area contributed by atoms with E-state index in [0.29, 0.717) is 23.0 Å². The number of nitrogens with one attached hydrogen (secondary N) is 4. The van der Waals surface area contributed by atoms with Crippen molar-refractivity contribution in [1.82, 2.24) is 30.6 Å². The number of aromatic nitrogens is 4. The summed E-state index contributed by atoms with van der Waals surface area (Å²) in [5.74, 6) is -0.919. The van der Waals surface area contributed by atoms with E-state index in [0.717, 1.165) is 22.3 Å². The molecule has 0 saturated heterocycles. The minimum atomic E-state index is -1.37. The summed E-state index contributed by atoms with van der Waals surface area (Å²) in [6.07, 6.45) is 0.862. The van der Waals surface area contributed by atoms with Gasteiger partial charge in [-0.15, -0.1) is 0 Å². The zero-order valence-corrected chi connectivity index (χ0v) is 37.1. The number of aliphatic hydroxyl groups excluding tert-OH is 2. The summed E-state index contributed by atoms with van der Waals surface area (Å²) in [6.45, 7) is 18.3. The van der Waals surface area contributed by atoms with Crippen molar-refractivity contribution in [3.63, 3.8) is 0 Å². The van der Waals surface area contributed by atoms with Gasteiger partial charge < -0.3 is 30.8 Å². The molecule has 0 saturated carbocycles. The largest absolute Gasteiger partial charge is 0.387 e. The number of aromatic amines is 2. The second kappa shape index (κ2) is 17.4. The third-order valence-corrected chi connectivity index (χ3v) is 11.7. The van der Waals surface area contributed by atoms with E-state index in [9.17, 15) is 28.6 Å². The molecule has 4 aromatic carbocycles. The molecular weight excluding hydrogens is 787 g/mol. The van der Waals surface area contributed by atoms with E-state index < -0.39 is 69.4 Å². The molecule has 6 aromatic rings. The number of amides is 2. The molecule has 62 heavy (non-hydrogen) atoms. The number of imidazole rings is 2. The second-order valence-corrected chi connectivity index (χ2v) is 19.3. The van der Waals surface area contributed by atoms with Crippen molar-refractivity contribution in [3.8, 4) is 33.6 Å². The number of carbonyl (C=O) groups excluding carboxylic acids is 2. The van der Waals surface area contributed by atoms with Crippen molar-refractivity contribution < 1.29 is 28.6 Å². The zero-order chi connectivity index (χ0) is 45.4. The van der Waals surface area contributed by atoms with Gasteiger partial charge in [-0.05, 0) is 61.8 Å². The first-order valence-corrected chi connectivity index (χ1v) is 20.8. The van der Waals surface area contributed by atoms with Gasteiger partial charge in [-0.25, -0.2) is 18.7 Å². The van der Waals surface area contributed by atoms with Gasteiger partial charge in [-0.3, -0.25) is 9.59 Å². The van der Waals surface area contributed by atoms with Crippen LogP contribution in [0.25, 0.3) is 33.6 Å². The van der Waals surface area contributed by atoms with Crippen LogP contribution in [0.4, 0.5) is 8.78 Å². The predicted octanol–water partition coefficient (Wildman–Crippen LogP) is 10.3. The van der Waals surface area contributed by atoms with Crippen molar-refractivity contribution in [3.05, 3.63) is 144 Å². The number of aliphatic hydroxyl groups is 2. The quantitative estimate of drug-likeness (QED) is 0.0680. The molecule has 0 aliphatic carbocycles. The van der Waals surface area contributed by atoms with E-state index in [-0.39, 0.29) is 11.1 Å². The van der Waals surface area contributed by atoms with Gasteiger partial charge in [0.15, 0.2) is 0 Å². The molecule has 6 rings (SSSR count). The highest BCUT2D eigenvalue weighted by Crippen LogP contribution is 2.40. The maximum atomic E-state index is 14.6. The first kappa shape index (κ1) is 45.5. The molecule has 0 fully saturated rings. The molecule has 12 heteroatoms. The summed E-state index contributed by atoms with van der Waals surface area (Å²) >= 11 is 0. The lowest BCUT2D eigenvalue weighted by atomic mass is 9.79. The van der Waals surface area contributed by atoms with Gasteiger partial charge in [0.2, 0.25) is 11.8 Å². The van der Waals surface area contributed by atoms with Gasteiger partial charge in [-0.1, -0.05) is 126 Å².